The van der Waals surface area contributed by atoms with Gasteiger partial charge in [-0.05, 0) is 25.8 Å². The lowest BCUT2D eigenvalue weighted by atomic mass is 9.87. The van der Waals surface area contributed by atoms with Crippen LogP contribution in [0.15, 0.2) is 50.6 Å². The number of nitrogens with two attached hydrogens (primary N) is 1. The Bertz CT molecular complexity index is 465. The Morgan fingerprint density at radius 3 is 1.88 bits per heavy atom. The lowest BCUT2D eigenvalue weighted by Gasteiger charge is -2.41. The molecule has 0 rings (SSSR count). The van der Waals surface area contributed by atoms with Gasteiger partial charge in [-0.2, -0.15) is 0 Å². The molecule has 0 saturated heterocycles. The first kappa shape index (κ1) is 22.9. The maximum absolute atomic E-state index is 12.8. The Morgan fingerprint density at radius 1 is 1.00 bits per heavy atom. The van der Waals surface area contributed by atoms with Gasteiger partial charge in [0.25, 0.3) is 0 Å². The third-order valence-electron chi connectivity index (χ3n) is 4.19. The maximum atomic E-state index is 12.8. The molecule has 140 valence electrons. The van der Waals surface area contributed by atoms with Crippen LogP contribution >= 0.6 is 0 Å². The third kappa shape index (κ3) is 6.70. The van der Waals surface area contributed by atoms with Crippen molar-refractivity contribution in [2.24, 2.45) is 5.73 Å². The Morgan fingerprint density at radius 2 is 1.52 bits per heavy atom. The molecule has 0 aromatic carbocycles. The molecule has 0 aliphatic carbocycles. The number of unbranched alkanes of at least 4 members (excludes halogenated alkanes) is 1. The van der Waals surface area contributed by atoms with Crippen LogP contribution in [0.25, 0.3) is 0 Å². The first-order valence-corrected chi connectivity index (χ1v) is 8.69. The van der Waals surface area contributed by atoms with E-state index in [1.165, 1.54) is 0 Å². The average molecular weight is 348 g/mol. The second-order valence-corrected chi connectivity index (χ2v) is 6.03. The van der Waals surface area contributed by atoms with Crippen LogP contribution in [0.3, 0.4) is 0 Å². The summed E-state index contributed by atoms with van der Waals surface area (Å²) in [7, 11) is 0. The fourth-order valence-electron chi connectivity index (χ4n) is 2.82. The van der Waals surface area contributed by atoms with Crippen LogP contribution in [0, 0.1) is 0 Å². The highest BCUT2D eigenvalue weighted by Crippen LogP contribution is 2.26. The first-order chi connectivity index (χ1) is 11.9. The molecule has 0 aliphatic rings. The van der Waals surface area contributed by atoms with Crippen molar-refractivity contribution in [1.29, 1.82) is 0 Å². The minimum atomic E-state index is -0.984. The summed E-state index contributed by atoms with van der Waals surface area (Å²) >= 11 is 0. The number of amides is 2. The van der Waals surface area contributed by atoms with Crippen LogP contribution < -0.4 is 5.73 Å². The smallest absolute Gasteiger partial charge is 0.238 e. The largest absolute Gasteiger partial charge is 0.368 e. The van der Waals surface area contributed by atoms with E-state index in [4.69, 9.17) is 5.73 Å². The van der Waals surface area contributed by atoms with E-state index < -0.39 is 11.4 Å². The molecule has 0 aliphatic heterocycles. The summed E-state index contributed by atoms with van der Waals surface area (Å²) in [5, 5.41) is 0. The van der Waals surface area contributed by atoms with Crippen LogP contribution in [-0.2, 0) is 9.59 Å². The van der Waals surface area contributed by atoms with Crippen LogP contribution in [-0.4, -0.2) is 53.3 Å². The zero-order valence-corrected chi connectivity index (χ0v) is 15.6. The molecule has 0 aromatic heterocycles. The Kier molecular flexibility index (Phi) is 11.2. The van der Waals surface area contributed by atoms with Crippen LogP contribution in [0.4, 0.5) is 0 Å². The molecule has 0 saturated carbocycles. The number of hydrogen-bond donors (Lipinski definition) is 1. The summed E-state index contributed by atoms with van der Waals surface area (Å²) in [6.07, 6.45) is 9.23. The molecule has 0 aromatic rings. The zero-order chi connectivity index (χ0) is 19.3. The topological polar surface area (TPSA) is 66.6 Å². The van der Waals surface area contributed by atoms with Crippen molar-refractivity contribution in [3.63, 3.8) is 0 Å². The van der Waals surface area contributed by atoms with Crippen LogP contribution in [0.5, 0.6) is 0 Å². The fraction of sp³-hybridized carbons (Fsp3) is 0.500. The Balaban J connectivity index is 5.67. The van der Waals surface area contributed by atoms with Crippen LogP contribution in [0.1, 0.15) is 32.6 Å². The van der Waals surface area contributed by atoms with E-state index in [2.05, 4.69) is 33.2 Å². The number of carbonyl (C=O) groups excluding carboxylic acids is 2. The molecule has 0 heterocycles. The predicted molar refractivity (Wildman–Crippen MR) is 105 cm³/mol. The van der Waals surface area contributed by atoms with Crippen molar-refractivity contribution in [2.45, 2.75) is 38.1 Å². The van der Waals surface area contributed by atoms with E-state index in [1.807, 2.05) is 4.90 Å². The summed E-state index contributed by atoms with van der Waals surface area (Å²) in [6, 6.07) is 0. The Labute approximate surface area is 152 Å². The molecular weight excluding hydrogens is 314 g/mol. The number of carbonyl (C=O) groups is 2. The van der Waals surface area contributed by atoms with Gasteiger partial charge in [-0.1, -0.05) is 37.6 Å². The summed E-state index contributed by atoms with van der Waals surface area (Å²) in [4.78, 5) is 28.6. The fourth-order valence-corrected chi connectivity index (χ4v) is 2.82. The van der Waals surface area contributed by atoms with E-state index >= 15 is 0 Å². The minimum absolute atomic E-state index is 0.0883. The van der Waals surface area contributed by atoms with Crippen molar-refractivity contribution in [1.82, 2.24) is 9.80 Å². The molecule has 0 bridgehead atoms. The van der Waals surface area contributed by atoms with Gasteiger partial charge < -0.3 is 10.6 Å². The molecule has 0 radical (unpaired) electrons. The molecule has 5 nitrogen and oxygen atoms in total. The monoisotopic (exact) mass is 347 g/mol. The molecular formula is C20H33N3O2. The number of primary amides is 1. The number of nitrogens with zero attached hydrogens (tertiary/aromatic N) is 2. The third-order valence-corrected chi connectivity index (χ3v) is 4.19. The lowest BCUT2D eigenvalue weighted by Crippen LogP contribution is -2.59. The van der Waals surface area contributed by atoms with Gasteiger partial charge in [0.2, 0.25) is 11.8 Å². The van der Waals surface area contributed by atoms with Crippen LogP contribution in [0.2, 0.25) is 0 Å². The molecule has 0 fully saturated rings. The molecule has 0 spiro atoms. The quantitative estimate of drug-likeness (QED) is 0.463. The van der Waals surface area contributed by atoms with E-state index in [-0.39, 0.29) is 12.5 Å². The molecule has 25 heavy (non-hydrogen) atoms. The van der Waals surface area contributed by atoms with E-state index in [0.717, 1.165) is 12.8 Å². The van der Waals surface area contributed by atoms with Gasteiger partial charge in [0.15, 0.2) is 0 Å². The number of hydrogen-bond acceptors (Lipinski definition) is 3. The van der Waals surface area contributed by atoms with E-state index in [9.17, 15) is 9.59 Å². The molecule has 5 heteroatoms. The summed E-state index contributed by atoms with van der Waals surface area (Å²) in [6.45, 7) is 18.5. The minimum Gasteiger partial charge on any atom is -0.368 e. The molecule has 0 atom stereocenters. The van der Waals surface area contributed by atoms with Gasteiger partial charge >= 0.3 is 0 Å². The molecule has 0 unspecified atom stereocenters. The summed E-state index contributed by atoms with van der Waals surface area (Å²) in [5.74, 6) is -0.551. The van der Waals surface area contributed by atoms with E-state index in [1.54, 1.807) is 29.2 Å². The number of rotatable bonds is 15. The summed E-state index contributed by atoms with van der Waals surface area (Å²) < 4.78 is 0. The van der Waals surface area contributed by atoms with Gasteiger partial charge in [-0.25, -0.2) is 0 Å². The second kappa shape index (κ2) is 12.3. The van der Waals surface area contributed by atoms with Crippen molar-refractivity contribution in [2.75, 3.05) is 26.2 Å². The highest BCUT2D eigenvalue weighted by molar-refractivity contribution is 5.86. The van der Waals surface area contributed by atoms with Gasteiger partial charge in [-0.15, -0.1) is 26.3 Å². The molecule has 2 amide bonds. The standard InChI is InChI=1S/C20H33N3O2/c1-6-11-16-23(17-18(24)22(14-9-4)15-10-5)20(12-7-2,13-8-3)19(21)25/h7-10H,2-6,11-17H2,1H3,(H2,21,25). The van der Waals surface area contributed by atoms with Crippen molar-refractivity contribution in [3.8, 4) is 0 Å². The Hall–Kier alpha value is -2.14. The lowest BCUT2D eigenvalue weighted by molar-refractivity contribution is -0.137. The van der Waals surface area contributed by atoms with Gasteiger partial charge in [0.1, 0.15) is 5.54 Å². The van der Waals surface area contributed by atoms with Crippen molar-refractivity contribution >= 4 is 11.8 Å². The first-order valence-electron chi connectivity index (χ1n) is 8.69. The van der Waals surface area contributed by atoms with Crippen molar-refractivity contribution in [3.05, 3.63) is 50.6 Å². The summed E-state index contributed by atoms with van der Waals surface area (Å²) in [5.41, 5.74) is 4.77. The average Bonchev–Trinajstić information content (AvgIpc) is 2.57. The SMILES string of the molecule is C=CCN(CC=C)C(=O)CN(CCCC)C(CC=C)(CC=C)C(N)=O. The maximum Gasteiger partial charge on any atom is 0.238 e. The molecule has 2 N–H and O–H groups in total. The van der Waals surface area contributed by atoms with E-state index in [0.29, 0.717) is 32.5 Å². The van der Waals surface area contributed by atoms with Gasteiger partial charge in [0.05, 0.1) is 6.54 Å². The normalized spacial score (nSPS) is 11.0. The predicted octanol–water partition coefficient (Wildman–Crippen LogP) is 2.67. The van der Waals surface area contributed by atoms with Crippen molar-refractivity contribution < 1.29 is 9.59 Å². The second-order valence-electron chi connectivity index (χ2n) is 6.03. The van der Waals surface area contributed by atoms with Gasteiger partial charge in [-0.3, -0.25) is 14.5 Å². The highest BCUT2D eigenvalue weighted by Gasteiger charge is 2.41. The highest BCUT2D eigenvalue weighted by atomic mass is 16.2. The zero-order valence-electron chi connectivity index (χ0n) is 15.6. The van der Waals surface area contributed by atoms with Gasteiger partial charge in [0, 0.05) is 13.1 Å².